The number of aromatic nitrogens is 9. The van der Waals surface area contributed by atoms with E-state index in [9.17, 15) is 9.59 Å². The molecule has 3 saturated heterocycles. The number of anilines is 1. The van der Waals surface area contributed by atoms with Crippen LogP contribution in [0, 0.1) is 11.7 Å². The smallest absolute Gasteiger partial charge is 0.417 e. The van der Waals surface area contributed by atoms with Crippen molar-refractivity contribution >= 4 is 51.5 Å². The van der Waals surface area contributed by atoms with Crippen molar-refractivity contribution in [1.29, 1.82) is 0 Å². The zero-order valence-corrected chi connectivity index (χ0v) is 47.7. The highest BCUT2D eigenvalue weighted by atomic mass is 35.5. The van der Waals surface area contributed by atoms with Gasteiger partial charge in [-0.15, -0.1) is 5.10 Å². The highest BCUT2D eigenvalue weighted by Gasteiger charge is 2.43. The predicted octanol–water partition coefficient (Wildman–Crippen LogP) is 9.94. The molecular formula is C59H66ClF4N13O6. The van der Waals surface area contributed by atoms with E-state index in [0.717, 1.165) is 48.1 Å². The van der Waals surface area contributed by atoms with Crippen molar-refractivity contribution in [3.05, 3.63) is 119 Å². The van der Waals surface area contributed by atoms with Gasteiger partial charge in [-0.1, -0.05) is 93.0 Å². The van der Waals surface area contributed by atoms with Crippen molar-refractivity contribution in [2.24, 2.45) is 5.92 Å². The van der Waals surface area contributed by atoms with E-state index in [0.29, 0.717) is 42.9 Å². The second-order valence-corrected chi connectivity index (χ2v) is 21.2. The molecule has 3 aliphatic heterocycles. The average molecular weight is 1160 g/mol. The minimum absolute atomic E-state index is 0.0127. The Morgan fingerprint density at radius 1 is 0.964 bits per heavy atom. The molecule has 0 aliphatic carbocycles. The number of halogens is 5. The van der Waals surface area contributed by atoms with Gasteiger partial charge in [-0.05, 0) is 61.8 Å². The Bertz CT molecular complexity index is 3520. The molecule has 8 aromatic rings. The van der Waals surface area contributed by atoms with E-state index in [4.69, 9.17) is 40.9 Å². The molecule has 3 fully saturated rings. The third-order valence-electron chi connectivity index (χ3n) is 15.1. The molecule has 0 saturated carbocycles. The Kier molecular flexibility index (Phi) is 18.8. The Labute approximate surface area is 482 Å². The minimum atomic E-state index is -4.98. The summed E-state index contributed by atoms with van der Waals surface area (Å²) in [6.07, 6.45) is 5.95. The molecule has 24 heteroatoms. The number of rotatable bonds is 18. The first-order chi connectivity index (χ1) is 40.0. The van der Waals surface area contributed by atoms with Crippen LogP contribution < -0.4 is 25.0 Å². The number of nitrogens with zero attached hydrogens (tertiary/aromatic N) is 10. The van der Waals surface area contributed by atoms with E-state index < -0.39 is 34.2 Å². The van der Waals surface area contributed by atoms with Crippen LogP contribution in [0.25, 0.3) is 55.3 Å². The zero-order valence-electron chi connectivity index (χ0n) is 47.0. The van der Waals surface area contributed by atoms with Gasteiger partial charge >= 0.3 is 12.2 Å². The highest BCUT2D eigenvalue weighted by molar-refractivity contribution is 6.35. The summed E-state index contributed by atoms with van der Waals surface area (Å²) in [7, 11) is 1.53. The first kappa shape index (κ1) is 59.8. The Hall–Kier alpha value is -7.86. The number of aromatic amines is 1. The molecule has 7 heterocycles. The lowest BCUT2D eigenvalue weighted by Gasteiger charge is -2.30. The first-order valence-corrected chi connectivity index (χ1v) is 28.0. The van der Waals surface area contributed by atoms with Gasteiger partial charge in [-0.2, -0.15) is 28.2 Å². The summed E-state index contributed by atoms with van der Waals surface area (Å²) in [5.74, 6) is -1.02. The number of ether oxygens (including phenoxy) is 3. The molecule has 3 aliphatic rings. The Morgan fingerprint density at radius 3 is 2.33 bits per heavy atom. The Morgan fingerprint density at radius 2 is 1.70 bits per heavy atom. The summed E-state index contributed by atoms with van der Waals surface area (Å²) in [4.78, 5) is 45.3. The van der Waals surface area contributed by atoms with Crippen molar-refractivity contribution in [2.75, 3.05) is 44.9 Å². The lowest BCUT2D eigenvalue weighted by molar-refractivity contribution is -0.137. The number of piperazine rings is 1. The van der Waals surface area contributed by atoms with Crippen LogP contribution in [0.5, 0.6) is 11.8 Å². The van der Waals surface area contributed by atoms with Gasteiger partial charge in [0.2, 0.25) is 12.3 Å². The predicted molar refractivity (Wildman–Crippen MR) is 306 cm³/mol. The Balaban J connectivity index is 0.000000351. The van der Waals surface area contributed by atoms with Crippen LogP contribution in [0.1, 0.15) is 89.6 Å². The van der Waals surface area contributed by atoms with Crippen LogP contribution in [-0.2, 0) is 27.1 Å². The number of hydrogen-bond donors (Lipinski definition) is 4. The van der Waals surface area contributed by atoms with Crippen LogP contribution in [0.2, 0.25) is 5.02 Å². The van der Waals surface area contributed by atoms with E-state index in [1.54, 1.807) is 54.5 Å². The van der Waals surface area contributed by atoms with Gasteiger partial charge < -0.3 is 39.8 Å². The van der Waals surface area contributed by atoms with Crippen molar-refractivity contribution in [1.82, 2.24) is 60.7 Å². The summed E-state index contributed by atoms with van der Waals surface area (Å²) in [6.45, 7) is 13.3. The standard InChI is InChI=1S/C44H47ClF4N10O4.C13H13N3O2.C2H6/c1-22(2)39(42(60)57-12-6-7-23(57)3)59-19-34(55-56-59)26-10-8-25(9-11-26)21-62-40-36(35-30-17-51-54-33(30)15-32(46)37(35)45)31(44(47,48)49)14-29-38(40)52-43(63-20-24(4)61-5)53-41(29)58-18-27-13-28(58)16-50-27;17-7-13(16-9-18)11-3-1-10(2-4-11)12-5-14-8-15-6-12;1-2/h8-11,14-15,17,19,22-24,27-28,39,50H,6-7,12-13,16,18,20-21H2,1-5H3,(H,51,54);1-6,8-9,13,17H,7H2,(H,16,18);1-2H3/t23?,24-,27?,28?,39?;;/m0../s1. The summed E-state index contributed by atoms with van der Waals surface area (Å²) in [6, 6.07) is 16.0. The van der Waals surface area contributed by atoms with E-state index in [1.165, 1.54) is 19.6 Å². The number of aliphatic hydroxyl groups excluding tert-OH is 1. The number of hydrogen-bond acceptors (Lipinski definition) is 15. The monoisotopic (exact) mass is 1160 g/mol. The fraction of sp³-hybridized carbons (Fsp3) is 0.407. The molecular weight excluding hydrogens is 1100 g/mol. The maximum atomic E-state index is 15.6. The lowest BCUT2D eigenvalue weighted by atomic mass is 9.93. The quantitative estimate of drug-likeness (QED) is 0.0463. The van der Waals surface area contributed by atoms with Crippen LogP contribution >= 0.6 is 11.6 Å². The molecule has 4 aromatic heterocycles. The molecule has 0 spiro atoms. The summed E-state index contributed by atoms with van der Waals surface area (Å²) >= 11 is 6.65. The topological polar surface area (TPSA) is 224 Å². The molecule has 5 unspecified atom stereocenters. The molecule has 6 atom stereocenters. The first-order valence-electron chi connectivity index (χ1n) is 27.6. The number of H-pyrrole nitrogens is 1. The largest absolute Gasteiger partial charge is 0.486 e. The van der Waals surface area contributed by atoms with Gasteiger partial charge in [-0.25, -0.2) is 19.0 Å². The van der Waals surface area contributed by atoms with Crippen LogP contribution in [0.3, 0.4) is 0 Å². The summed E-state index contributed by atoms with van der Waals surface area (Å²) in [5.41, 5.74) is 2.84. The molecule has 4 aromatic carbocycles. The number of nitrogens with one attached hydrogen (secondary N) is 3. The average Bonchev–Trinajstić information content (AvgIpc) is 3.28. The number of fused-ring (bicyclic) bond motifs is 4. The van der Waals surface area contributed by atoms with Gasteiger partial charge in [0.05, 0.1) is 47.2 Å². The minimum Gasteiger partial charge on any atom is -0.486 e. The van der Waals surface area contributed by atoms with Crippen molar-refractivity contribution in [3.63, 3.8) is 0 Å². The van der Waals surface area contributed by atoms with E-state index in [2.05, 4.69) is 48.0 Å². The molecule has 2 bridgehead atoms. The van der Waals surface area contributed by atoms with Gasteiger partial charge in [0.15, 0.2) is 5.75 Å². The third-order valence-corrected chi connectivity index (χ3v) is 15.5. The van der Waals surface area contributed by atoms with Crippen LogP contribution in [0.15, 0.2) is 91.8 Å². The van der Waals surface area contributed by atoms with Gasteiger partial charge in [0, 0.05) is 96.4 Å². The highest BCUT2D eigenvalue weighted by Crippen LogP contribution is 2.52. The number of carbonyl (C=O) groups excluding carboxylic acids is 2. The molecule has 83 heavy (non-hydrogen) atoms. The number of benzene rings is 4. The third kappa shape index (κ3) is 12.9. The summed E-state index contributed by atoms with van der Waals surface area (Å²) in [5, 5.41) is 30.2. The second-order valence-electron chi connectivity index (χ2n) is 20.8. The van der Waals surface area contributed by atoms with Crippen molar-refractivity contribution < 1.29 is 46.5 Å². The maximum absolute atomic E-state index is 15.6. The molecule has 438 valence electrons. The van der Waals surface area contributed by atoms with Gasteiger partial charge in [0.1, 0.15) is 48.4 Å². The lowest BCUT2D eigenvalue weighted by Crippen LogP contribution is -2.44. The fourth-order valence-electron chi connectivity index (χ4n) is 10.8. The maximum Gasteiger partial charge on any atom is 0.417 e. The molecule has 2 amide bonds. The summed E-state index contributed by atoms with van der Waals surface area (Å²) < 4.78 is 82.1. The number of alkyl halides is 3. The number of likely N-dealkylation sites (tertiary alicyclic amines) is 1. The number of aliphatic hydroxyl groups is 1. The molecule has 11 rings (SSSR count). The zero-order chi connectivity index (χ0) is 59.1. The molecule has 0 radical (unpaired) electrons. The normalized spacial score (nSPS) is 17.7. The van der Waals surface area contributed by atoms with E-state index in [-0.39, 0.29) is 107 Å². The molecule has 4 N–H and O–H groups in total. The van der Waals surface area contributed by atoms with E-state index in [1.807, 2.05) is 61.8 Å². The number of methoxy groups -OCH3 is 1. The molecule has 19 nitrogen and oxygen atoms in total. The van der Waals surface area contributed by atoms with E-state index >= 15 is 17.6 Å². The SMILES string of the molecule is CC.CO[C@@H](C)COc1nc(N2CC3CC2CN3)c2cc(C(F)(F)F)c(-c3c(Cl)c(F)cc4[nH]ncc34)c(OCc3ccc(-c4cn(C(C(=O)N5CCCC5C)C(C)C)nn4)cc3)c2n1.O=CNC(CO)c1ccc(-c2cncnc2)cc1. The van der Waals surface area contributed by atoms with Crippen LogP contribution in [-0.4, -0.2) is 132 Å². The van der Waals surface area contributed by atoms with Crippen molar-refractivity contribution in [2.45, 2.75) is 110 Å². The fourth-order valence-corrected chi connectivity index (χ4v) is 11.0. The number of amides is 2. The van der Waals surface area contributed by atoms with Gasteiger partial charge in [0.25, 0.3) is 0 Å². The second kappa shape index (κ2) is 26.2. The van der Waals surface area contributed by atoms with Crippen molar-refractivity contribution in [3.8, 4) is 45.3 Å². The number of carbonyl (C=O) groups is 2. The van der Waals surface area contributed by atoms with Gasteiger partial charge in [-0.3, -0.25) is 14.7 Å². The van der Waals surface area contributed by atoms with Crippen LogP contribution in [0.4, 0.5) is 23.4 Å².